The number of hydrogen-bond acceptors (Lipinski definition) is 3. The summed E-state index contributed by atoms with van der Waals surface area (Å²) in [6, 6.07) is 17.0. The van der Waals surface area contributed by atoms with Crippen molar-refractivity contribution in [3.05, 3.63) is 95.4 Å². The largest absolute Gasteiger partial charge is 0.417 e. The molecule has 0 saturated heterocycles. The summed E-state index contributed by atoms with van der Waals surface area (Å²) in [6.07, 6.45) is -3.38. The number of fused-ring (bicyclic) bond motifs is 1. The van der Waals surface area contributed by atoms with E-state index < -0.39 is 34.6 Å². The first kappa shape index (κ1) is 23.3. The first-order valence-corrected chi connectivity index (χ1v) is 10.9. The van der Waals surface area contributed by atoms with Crippen LogP contribution in [0.25, 0.3) is 27.8 Å². The van der Waals surface area contributed by atoms with Crippen LogP contribution in [0.1, 0.15) is 21.5 Å². The molecule has 0 unspecified atom stereocenters. The molecule has 6 nitrogen and oxygen atoms in total. The maximum atomic E-state index is 15.0. The molecule has 2 heterocycles. The summed E-state index contributed by atoms with van der Waals surface area (Å²) < 4.78 is 58.9. The van der Waals surface area contributed by atoms with Gasteiger partial charge in [-0.3, -0.25) is 9.48 Å². The third-order valence-corrected chi connectivity index (χ3v) is 5.71. The molecule has 0 bridgehead atoms. The van der Waals surface area contributed by atoms with Gasteiger partial charge in [-0.15, -0.1) is 0 Å². The van der Waals surface area contributed by atoms with E-state index in [0.717, 1.165) is 11.6 Å². The van der Waals surface area contributed by atoms with Crippen LogP contribution in [0.4, 0.5) is 23.4 Å². The molecule has 36 heavy (non-hydrogen) atoms. The van der Waals surface area contributed by atoms with Crippen LogP contribution in [-0.2, 0) is 13.2 Å². The normalized spacial score (nSPS) is 11.7. The van der Waals surface area contributed by atoms with Crippen LogP contribution in [0.3, 0.4) is 0 Å². The number of para-hydroxylation sites is 1. The number of carbonyl (C=O) groups is 1. The van der Waals surface area contributed by atoms with Crippen LogP contribution in [0.2, 0.25) is 0 Å². The van der Waals surface area contributed by atoms with E-state index in [2.05, 4.69) is 15.5 Å². The molecule has 5 rings (SSSR count). The average molecular weight is 493 g/mol. The quantitative estimate of drug-likeness (QED) is 0.306. The first-order valence-electron chi connectivity index (χ1n) is 10.9. The van der Waals surface area contributed by atoms with Crippen LogP contribution < -0.4 is 5.32 Å². The lowest BCUT2D eigenvalue weighted by Gasteiger charge is -2.15. The number of alkyl halides is 3. The highest BCUT2D eigenvalue weighted by molar-refractivity contribution is 6.09. The second kappa shape index (κ2) is 8.63. The Balaban J connectivity index is 1.64. The summed E-state index contributed by atoms with van der Waals surface area (Å²) >= 11 is 0. The van der Waals surface area contributed by atoms with Crippen LogP contribution in [0.15, 0.2) is 72.9 Å². The molecule has 3 aromatic carbocycles. The molecule has 1 amide bonds. The van der Waals surface area contributed by atoms with Crippen molar-refractivity contribution in [2.45, 2.75) is 13.1 Å². The Morgan fingerprint density at radius 3 is 2.39 bits per heavy atom. The zero-order valence-corrected chi connectivity index (χ0v) is 19.1. The lowest BCUT2D eigenvalue weighted by Crippen LogP contribution is -2.18. The predicted octanol–water partition coefficient (Wildman–Crippen LogP) is 6.14. The predicted molar refractivity (Wildman–Crippen MR) is 127 cm³/mol. The van der Waals surface area contributed by atoms with Gasteiger partial charge in [0, 0.05) is 24.2 Å². The van der Waals surface area contributed by atoms with Gasteiger partial charge in [0.05, 0.1) is 28.0 Å². The highest BCUT2D eigenvalue weighted by Crippen LogP contribution is 2.38. The van der Waals surface area contributed by atoms with E-state index in [4.69, 9.17) is 0 Å². The van der Waals surface area contributed by atoms with Crippen molar-refractivity contribution >= 4 is 22.6 Å². The number of aryl methyl sites for hydroxylation is 2. The van der Waals surface area contributed by atoms with E-state index in [1.807, 2.05) is 25.1 Å². The topological polar surface area (TPSA) is 64.7 Å². The molecule has 5 aromatic rings. The molecule has 0 radical (unpaired) electrons. The minimum Gasteiger partial charge on any atom is -0.306 e. The molecule has 0 aliphatic heterocycles. The fourth-order valence-corrected chi connectivity index (χ4v) is 4.00. The zero-order chi connectivity index (χ0) is 25.6. The Morgan fingerprint density at radius 1 is 0.972 bits per heavy atom. The van der Waals surface area contributed by atoms with Crippen molar-refractivity contribution < 1.29 is 22.4 Å². The number of anilines is 1. The molecule has 0 saturated carbocycles. The van der Waals surface area contributed by atoms with E-state index in [9.17, 15) is 22.4 Å². The minimum atomic E-state index is -4.84. The van der Waals surface area contributed by atoms with Crippen molar-refractivity contribution in [1.29, 1.82) is 0 Å². The van der Waals surface area contributed by atoms with Crippen molar-refractivity contribution in [1.82, 2.24) is 19.6 Å². The highest BCUT2D eigenvalue weighted by Gasteiger charge is 2.36. The summed E-state index contributed by atoms with van der Waals surface area (Å²) in [4.78, 5) is 13.3. The standard InChI is InChI=1S/C26H19F4N5O/c1-15-8-9-22-19(12-15)24(35(33-22)16-6-4-3-5-7-16)31-25(36)18-13-17(23-10-11-34(2)32-23)20(14-21(18)27)26(28,29)30/h3-14H,1-2H3,(H,31,36). The third-order valence-electron chi connectivity index (χ3n) is 5.71. The third kappa shape index (κ3) is 4.21. The Labute approximate surface area is 202 Å². The number of nitrogens with zero attached hydrogens (tertiary/aromatic N) is 4. The summed E-state index contributed by atoms with van der Waals surface area (Å²) in [5, 5.41) is 11.8. The SMILES string of the molecule is Cc1ccc2nn(-c3ccccc3)c(NC(=O)c3cc(-c4ccn(C)n4)c(C(F)(F)F)cc3F)c2c1. The monoisotopic (exact) mass is 493 g/mol. The fourth-order valence-electron chi connectivity index (χ4n) is 4.00. The van der Waals surface area contributed by atoms with Gasteiger partial charge in [-0.05, 0) is 49.4 Å². The molecule has 2 aromatic heterocycles. The summed E-state index contributed by atoms with van der Waals surface area (Å²) in [5.74, 6) is -1.95. The van der Waals surface area contributed by atoms with Gasteiger partial charge >= 0.3 is 6.18 Å². The Morgan fingerprint density at radius 2 is 1.72 bits per heavy atom. The summed E-state index contributed by atoms with van der Waals surface area (Å²) in [6.45, 7) is 1.87. The van der Waals surface area contributed by atoms with Crippen LogP contribution in [0, 0.1) is 12.7 Å². The maximum Gasteiger partial charge on any atom is 0.417 e. The number of nitrogens with one attached hydrogen (secondary N) is 1. The highest BCUT2D eigenvalue weighted by atomic mass is 19.4. The number of amides is 1. The van der Waals surface area contributed by atoms with Gasteiger partial charge < -0.3 is 5.32 Å². The molecule has 0 aliphatic carbocycles. The molecule has 1 N–H and O–H groups in total. The molecule has 0 spiro atoms. The van der Waals surface area contributed by atoms with Gasteiger partial charge in [-0.1, -0.05) is 29.8 Å². The van der Waals surface area contributed by atoms with Crippen LogP contribution in [-0.4, -0.2) is 25.5 Å². The Hall–Kier alpha value is -4.47. The average Bonchev–Trinajstić information content (AvgIpc) is 3.42. The molecule has 0 atom stereocenters. The molecule has 0 fully saturated rings. The molecule has 0 aliphatic rings. The minimum absolute atomic E-state index is 0.0331. The van der Waals surface area contributed by atoms with Gasteiger partial charge in [0.25, 0.3) is 5.91 Å². The van der Waals surface area contributed by atoms with Crippen LogP contribution >= 0.6 is 0 Å². The van der Waals surface area contributed by atoms with Crippen molar-refractivity contribution in [2.24, 2.45) is 7.05 Å². The first-order chi connectivity index (χ1) is 17.1. The number of halogens is 4. The smallest absolute Gasteiger partial charge is 0.306 e. The van der Waals surface area contributed by atoms with E-state index in [0.29, 0.717) is 22.7 Å². The van der Waals surface area contributed by atoms with Crippen LogP contribution in [0.5, 0.6) is 0 Å². The number of aromatic nitrogens is 4. The van der Waals surface area contributed by atoms with Gasteiger partial charge in [0.1, 0.15) is 11.6 Å². The molecular formula is C26H19F4N5O. The number of benzene rings is 3. The number of hydrogen-bond donors (Lipinski definition) is 1. The number of carbonyl (C=O) groups excluding carboxylic acids is 1. The Bertz CT molecular complexity index is 1600. The van der Waals surface area contributed by atoms with Gasteiger partial charge in [0.2, 0.25) is 0 Å². The van der Waals surface area contributed by atoms with E-state index in [1.165, 1.54) is 21.6 Å². The Kier molecular flexibility index (Phi) is 5.58. The molecule has 10 heteroatoms. The van der Waals surface area contributed by atoms with Crippen molar-refractivity contribution in [2.75, 3.05) is 5.32 Å². The van der Waals surface area contributed by atoms with Gasteiger partial charge in [0.15, 0.2) is 0 Å². The lowest BCUT2D eigenvalue weighted by atomic mass is 9.99. The second-order valence-electron chi connectivity index (χ2n) is 8.32. The van der Waals surface area contributed by atoms with E-state index in [1.54, 1.807) is 37.4 Å². The maximum absolute atomic E-state index is 15.0. The number of rotatable bonds is 4. The summed E-state index contributed by atoms with van der Waals surface area (Å²) in [5.41, 5.74) is -0.0635. The van der Waals surface area contributed by atoms with Crippen molar-refractivity contribution in [3.63, 3.8) is 0 Å². The lowest BCUT2D eigenvalue weighted by molar-refractivity contribution is -0.137. The second-order valence-corrected chi connectivity index (χ2v) is 8.32. The van der Waals surface area contributed by atoms with Gasteiger partial charge in [-0.25, -0.2) is 9.07 Å². The van der Waals surface area contributed by atoms with E-state index in [-0.39, 0.29) is 11.5 Å². The molecule has 182 valence electrons. The zero-order valence-electron chi connectivity index (χ0n) is 19.1. The fraction of sp³-hybridized carbons (Fsp3) is 0.115. The van der Waals surface area contributed by atoms with Gasteiger partial charge in [-0.2, -0.15) is 23.4 Å². The molecular weight excluding hydrogens is 474 g/mol. The summed E-state index contributed by atoms with van der Waals surface area (Å²) in [7, 11) is 1.55. The van der Waals surface area contributed by atoms with Crippen molar-refractivity contribution in [3.8, 4) is 16.9 Å². The van der Waals surface area contributed by atoms with E-state index >= 15 is 0 Å².